The maximum absolute atomic E-state index is 11.7. The van der Waals surface area contributed by atoms with Gasteiger partial charge in [-0.2, -0.15) is 0 Å². The summed E-state index contributed by atoms with van der Waals surface area (Å²) in [6.07, 6.45) is 0. The van der Waals surface area contributed by atoms with Gasteiger partial charge in [-0.05, 0) is 12.1 Å². The topological polar surface area (TPSA) is 89.5 Å². The molecule has 0 fully saturated rings. The summed E-state index contributed by atoms with van der Waals surface area (Å²) in [4.78, 5) is 22.2. The molecule has 0 atom stereocenters. The van der Waals surface area contributed by atoms with Crippen molar-refractivity contribution in [2.75, 3.05) is 66.1 Å². The minimum absolute atomic E-state index is 0.203. The number of benzene rings is 1. The lowest BCUT2D eigenvalue weighted by atomic mass is 10.2. The minimum atomic E-state index is -0.358. The Balaban J connectivity index is 1.77. The summed E-state index contributed by atoms with van der Waals surface area (Å²) in [6, 6.07) is 8.81. The molecule has 1 aromatic rings. The minimum Gasteiger partial charge on any atom is -0.463 e. The molecular weight excluding hydrogens is 356 g/mol. The average Bonchev–Trinajstić information content (AvgIpc) is 2.68. The van der Waals surface area contributed by atoms with Crippen molar-refractivity contribution in [1.82, 2.24) is 0 Å². The lowest BCUT2D eigenvalue weighted by Crippen LogP contribution is -2.15. The number of esters is 2. The number of carbonyl (C=O) groups is 2. The first kappa shape index (κ1) is 23.0. The molecule has 0 aliphatic carbocycles. The van der Waals surface area contributed by atoms with Crippen LogP contribution >= 0.6 is 0 Å². The van der Waals surface area contributed by atoms with Crippen molar-refractivity contribution in [2.24, 2.45) is 0 Å². The molecule has 0 bridgehead atoms. The molecule has 0 N–H and O–H groups in total. The third-order valence-electron chi connectivity index (χ3n) is 3.12. The third-order valence-corrected chi connectivity index (χ3v) is 3.12. The SMILES string of the molecule is CC(=O)OCCOCCOCCOCCOCCOC(=O)c1ccccc1. The number of ether oxygens (including phenoxy) is 6. The van der Waals surface area contributed by atoms with Gasteiger partial charge in [-0.1, -0.05) is 18.2 Å². The van der Waals surface area contributed by atoms with Crippen molar-refractivity contribution in [3.05, 3.63) is 35.9 Å². The van der Waals surface area contributed by atoms with E-state index >= 15 is 0 Å². The summed E-state index contributed by atoms with van der Waals surface area (Å²) in [5.41, 5.74) is 0.524. The van der Waals surface area contributed by atoms with E-state index in [0.717, 1.165) is 0 Å². The highest BCUT2D eigenvalue weighted by Gasteiger charge is 2.04. The zero-order valence-corrected chi connectivity index (χ0v) is 15.7. The summed E-state index contributed by atoms with van der Waals surface area (Å²) in [5, 5.41) is 0. The highest BCUT2D eigenvalue weighted by atomic mass is 16.6. The van der Waals surface area contributed by atoms with Crippen LogP contribution < -0.4 is 0 Å². The first-order chi connectivity index (χ1) is 13.2. The van der Waals surface area contributed by atoms with Crippen LogP contribution in [0.1, 0.15) is 17.3 Å². The van der Waals surface area contributed by atoms with E-state index in [-0.39, 0.29) is 25.2 Å². The maximum atomic E-state index is 11.7. The first-order valence-corrected chi connectivity index (χ1v) is 8.86. The van der Waals surface area contributed by atoms with Gasteiger partial charge in [0.2, 0.25) is 0 Å². The van der Waals surface area contributed by atoms with Crippen molar-refractivity contribution in [2.45, 2.75) is 6.92 Å². The fraction of sp³-hybridized carbons (Fsp3) is 0.579. The van der Waals surface area contributed by atoms with E-state index in [1.807, 2.05) is 6.07 Å². The van der Waals surface area contributed by atoms with Crippen LogP contribution in [0.25, 0.3) is 0 Å². The van der Waals surface area contributed by atoms with Gasteiger partial charge in [0.25, 0.3) is 0 Å². The average molecular weight is 384 g/mol. The Bertz CT molecular complexity index is 506. The molecule has 0 saturated carbocycles. The van der Waals surface area contributed by atoms with Crippen LogP contribution in [0.2, 0.25) is 0 Å². The predicted molar refractivity (Wildman–Crippen MR) is 96.6 cm³/mol. The molecule has 1 rings (SSSR count). The maximum Gasteiger partial charge on any atom is 0.338 e. The van der Waals surface area contributed by atoms with Gasteiger partial charge >= 0.3 is 11.9 Å². The molecule has 1 aromatic carbocycles. The van der Waals surface area contributed by atoms with Crippen molar-refractivity contribution in [1.29, 1.82) is 0 Å². The summed E-state index contributed by atoms with van der Waals surface area (Å²) in [5.74, 6) is -0.674. The second-order valence-corrected chi connectivity index (χ2v) is 5.29. The third kappa shape index (κ3) is 13.8. The highest BCUT2D eigenvalue weighted by molar-refractivity contribution is 5.89. The lowest BCUT2D eigenvalue weighted by Gasteiger charge is -2.08. The van der Waals surface area contributed by atoms with Gasteiger partial charge in [0, 0.05) is 6.92 Å². The number of hydrogen-bond acceptors (Lipinski definition) is 8. The molecular formula is C19H28O8. The molecule has 0 spiro atoms. The second kappa shape index (κ2) is 16.2. The molecule has 152 valence electrons. The van der Waals surface area contributed by atoms with E-state index in [1.54, 1.807) is 24.3 Å². The Kier molecular flexibility index (Phi) is 13.8. The van der Waals surface area contributed by atoms with Gasteiger partial charge in [0.05, 0.1) is 58.4 Å². The van der Waals surface area contributed by atoms with E-state index in [9.17, 15) is 9.59 Å². The quantitative estimate of drug-likeness (QED) is 0.313. The van der Waals surface area contributed by atoms with Crippen LogP contribution in [0, 0.1) is 0 Å². The summed E-state index contributed by atoms with van der Waals surface area (Å²) < 4.78 is 31.0. The second-order valence-electron chi connectivity index (χ2n) is 5.29. The number of carbonyl (C=O) groups excluding carboxylic acids is 2. The lowest BCUT2D eigenvalue weighted by molar-refractivity contribution is -0.142. The fourth-order valence-electron chi connectivity index (χ4n) is 1.86. The molecule has 0 saturated heterocycles. The molecule has 8 heteroatoms. The van der Waals surface area contributed by atoms with Gasteiger partial charge in [-0.25, -0.2) is 4.79 Å². The molecule has 8 nitrogen and oxygen atoms in total. The van der Waals surface area contributed by atoms with Crippen LogP contribution in [0.15, 0.2) is 30.3 Å². The Morgan fingerprint density at radius 1 is 0.630 bits per heavy atom. The Morgan fingerprint density at radius 3 is 1.48 bits per heavy atom. The smallest absolute Gasteiger partial charge is 0.338 e. The molecule has 0 aliphatic rings. The van der Waals surface area contributed by atoms with Crippen LogP contribution in [0.5, 0.6) is 0 Å². The summed E-state index contributed by atoms with van der Waals surface area (Å²) >= 11 is 0. The van der Waals surface area contributed by atoms with Crippen molar-refractivity contribution in [3.8, 4) is 0 Å². The fourth-order valence-corrected chi connectivity index (χ4v) is 1.86. The molecule has 0 radical (unpaired) electrons. The predicted octanol–water partition coefficient (Wildman–Crippen LogP) is 1.47. The monoisotopic (exact) mass is 384 g/mol. The van der Waals surface area contributed by atoms with Gasteiger partial charge < -0.3 is 28.4 Å². The van der Waals surface area contributed by atoms with E-state index in [4.69, 9.17) is 28.4 Å². The summed E-state index contributed by atoms with van der Waals surface area (Å²) in [7, 11) is 0. The molecule has 0 unspecified atom stereocenters. The summed E-state index contributed by atoms with van der Waals surface area (Å²) in [6.45, 7) is 5.16. The molecule has 0 aromatic heterocycles. The Morgan fingerprint density at radius 2 is 1.04 bits per heavy atom. The molecule has 0 aliphatic heterocycles. The van der Waals surface area contributed by atoms with Gasteiger partial charge in [0.15, 0.2) is 0 Å². The first-order valence-electron chi connectivity index (χ1n) is 8.86. The zero-order valence-electron chi connectivity index (χ0n) is 15.7. The Hall–Kier alpha value is -2.00. The van der Waals surface area contributed by atoms with Crippen LogP contribution in [-0.4, -0.2) is 78.0 Å². The molecule has 0 heterocycles. The number of hydrogen-bond donors (Lipinski definition) is 0. The van der Waals surface area contributed by atoms with E-state index in [0.29, 0.717) is 58.4 Å². The zero-order chi connectivity index (χ0) is 19.6. The number of rotatable bonds is 16. The van der Waals surface area contributed by atoms with Crippen molar-refractivity contribution in [3.63, 3.8) is 0 Å². The van der Waals surface area contributed by atoms with Crippen molar-refractivity contribution >= 4 is 11.9 Å². The van der Waals surface area contributed by atoms with Crippen LogP contribution in [0.3, 0.4) is 0 Å². The van der Waals surface area contributed by atoms with Gasteiger partial charge in [-0.3, -0.25) is 4.79 Å². The Labute approximate surface area is 159 Å². The van der Waals surface area contributed by atoms with Gasteiger partial charge in [0.1, 0.15) is 13.2 Å². The van der Waals surface area contributed by atoms with E-state index < -0.39 is 0 Å². The largest absolute Gasteiger partial charge is 0.463 e. The van der Waals surface area contributed by atoms with Crippen molar-refractivity contribution < 1.29 is 38.0 Å². The normalized spacial score (nSPS) is 10.6. The van der Waals surface area contributed by atoms with Crippen LogP contribution in [-0.2, 0) is 33.2 Å². The molecule has 27 heavy (non-hydrogen) atoms. The van der Waals surface area contributed by atoms with Gasteiger partial charge in [-0.15, -0.1) is 0 Å². The van der Waals surface area contributed by atoms with E-state index in [2.05, 4.69) is 0 Å². The standard InChI is InChI=1S/C19H28O8/c1-17(20)26-15-13-24-11-9-22-7-8-23-10-12-25-14-16-27-19(21)18-5-3-2-4-6-18/h2-6H,7-16H2,1H3. The molecule has 0 amide bonds. The van der Waals surface area contributed by atoms with E-state index in [1.165, 1.54) is 6.92 Å². The van der Waals surface area contributed by atoms with Crippen LogP contribution in [0.4, 0.5) is 0 Å². The highest BCUT2D eigenvalue weighted by Crippen LogP contribution is 2.00.